The quantitative estimate of drug-likeness (QED) is 0.709. The largest absolute Gasteiger partial charge is 0.507 e. The van der Waals surface area contributed by atoms with Gasteiger partial charge in [0.2, 0.25) is 0 Å². The van der Waals surface area contributed by atoms with Gasteiger partial charge in [-0.15, -0.1) is 0 Å². The number of esters is 1. The first-order valence-electron chi connectivity index (χ1n) is 8.62. The Morgan fingerprint density at radius 3 is 1.88 bits per heavy atom. The molecule has 0 saturated carbocycles. The fourth-order valence-electron chi connectivity index (χ4n) is 2.54. The first-order chi connectivity index (χ1) is 11.3. The number of aliphatic hydroxyl groups is 2. The van der Waals surface area contributed by atoms with Crippen molar-refractivity contribution in [2.75, 3.05) is 13.2 Å². The molecular weight excluding hydrogens is 320 g/mol. The second kappa shape index (κ2) is 7.75. The predicted octanol–water partition coefficient (Wildman–Crippen LogP) is 2.99. The highest BCUT2D eigenvalue weighted by Gasteiger charge is 2.29. The molecule has 5 heteroatoms. The van der Waals surface area contributed by atoms with Gasteiger partial charge in [0.1, 0.15) is 18.5 Å². The van der Waals surface area contributed by atoms with Crippen molar-refractivity contribution >= 4 is 5.97 Å². The molecule has 25 heavy (non-hydrogen) atoms. The smallest absolute Gasteiger partial charge is 0.313 e. The third-order valence-corrected chi connectivity index (χ3v) is 4.23. The third kappa shape index (κ3) is 5.44. The van der Waals surface area contributed by atoms with E-state index in [1.807, 2.05) is 53.7 Å². The Morgan fingerprint density at radius 2 is 1.52 bits per heavy atom. The second-order valence-corrected chi connectivity index (χ2v) is 8.65. The average molecular weight is 352 g/mol. The van der Waals surface area contributed by atoms with E-state index in [1.165, 1.54) is 0 Å². The molecular formula is C20H32O5. The average Bonchev–Trinajstić information content (AvgIpc) is 2.49. The molecule has 1 aromatic carbocycles. The number of phenols is 1. The fourth-order valence-corrected chi connectivity index (χ4v) is 2.54. The maximum absolute atomic E-state index is 12.3. The molecule has 1 aromatic rings. The zero-order valence-electron chi connectivity index (χ0n) is 16.4. The Bertz CT molecular complexity index is 572. The first kappa shape index (κ1) is 21.5. The van der Waals surface area contributed by atoms with Gasteiger partial charge in [-0.25, -0.2) is 0 Å². The molecule has 3 N–H and O–H groups in total. The van der Waals surface area contributed by atoms with Gasteiger partial charge in [0.25, 0.3) is 0 Å². The minimum Gasteiger partial charge on any atom is -0.507 e. The highest BCUT2D eigenvalue weighted by molar-refractivity contribution is 5.78. The van der Waals surface area contributed by atoms with Crippen molar-refractivity contribution in [3.8, 4) is 5.75 Å². The zero-order chi connectivity index (χ0) is 19.6. The van der Waals surface area contributed by atoms with E-state index in [4.69, 9.17) is 9.84 Å². The van der Waals surface area contributed by atoms with Crippen molar-refractivity contribution in [2.24, 2.45) is 0 Å². The molecule has 2 atom stereocenters. The molecule has 0 bridgehead atoms. The van der Waals surface area contributed by atoms with Gasteiger partial charge < -0.3 is 20.1 Å². The molecule has 0 spiro atoms. The Hall–Kier alpha value is -1.59. The van der Waals surface area contributed by atoms with Crippen LogP contribution in [0.4, 0.5) is 0 Å². The van der Waals surface area contributed by atoms with Crippen molar-refractivity contribution in [3.05, 3.63) is 28.8 Å². The topological polar surface area (TPSA) is 87.0 Å². The number of hydrogen-bond donors (Lipinski definition) is 3. The maximum Gasteiger partial charge on any atom is 0.313 e. The van der Waals surface area contributed by atoms with Crippen LogP contribution in [0.3, 0.4) is 0 Å². The molecule has 0 aliphatic rings. The molecule has 1 rings (SSSR count). The van der Waals surface area contributed by atoms with Crippen molar-refractivity contribution in [2.45, 2.75) is 71.3 Å². The lowest BCUT2D eigenvalue weighted by atomic mass is 9.77. The van der Waals surface area contributed by atoms with Crippen LogP contribution < -0.4 is 0 Å². The molecule has 0 aliphatic heterocycles. The predicted molar refractivity (Wildman–Crippen MR) is 98.0 cm³/mol. The van der Waals surface area contributed by atoms with Crippen LogP contribution in [0.25, 0.3) is 0 Å². The Kier molecular flexibility index (Phi) is 6.65. The van der Waals surface area contributed by atoms with Gasteiger partial charge in [-0.05, 0) is 34.4 Å². The summed E-state index contributed by atoms with van der Waals surface area (Å²) in [6.45, 7) is 13.1. The van der Waals surface area contributed by atoms with Crippen LogP contribution in [0, 0.1) is 0 Å². The maximum atomic E-state index is 12.3. The van der Waals surface area contributed by atoms with Gasteiger partial charge in [-0.1, -0.05) is 53.7 Å². The van der Waals surface area contributed by atoms with E-state index in [1.54, 1.807) is 6.92 Å². The zero-order valence-corrected chi connectivity index (χ0v) is 16.4. The number of aliphatic hydroxyl groups excluding tert-OH is 2. The molecule has 142 valence electrons. The summed E-state index contributed by atoms with van der Waals surface area (Å²) in [5.74, 6) is -0.758. The molecule has 0 fully saturated rings. The van der Waals surface area contributed by atoms with Crippen molar-refractivity contribution in [3.63, 3.8) is 0 Å². The number of ether oxygens (including phenoxy) is 1. The molecule has 0 aromatic heterocycles. The van der Waals surface area contributed by atoms with E-state index in [9.17, 15) is 15.0 Å². The number of phenolic OH excluding ortho intramolecular Hbond substituents is 1. The number of carbonyl (C=O) groups excluding carboxylic acids is 1. The van der Waals surface area contributed by atoms with Crippen molar-refractivity contribution < 1.29 is 24.9 Å². The minimum absolute atomic E-state index is 0.240. The van der Waals surface area contributed by atoms with Crippen LogP contribution in [-0.4, -0.2) is 40.6 Å². The third-order valence-electron chi connectivity index (χ3n) is 4.23. The summed E-state index contributed by atoms with van der Waals surface area (Å²) in [4.78, 5) is 12.3. The van der Waals surface area contributed by atoms with E-state index in [2.05, 4.69) is 0 Å². The summed E-state index contributed by atoms with van der Waals surface area (Å²) < 4.78 is 5.08. The number of benzene rings is 1. The molecule has 0 amide bonds. The Morgan fingerprint density at radius 1 is 1.08 bits per heavy atom. The van der Waals surface area contributed by atoms with E-state index in [0.717, 1.165) is 16.7 Å². The number of carbonyl (C=O) groups is 1. The van der Waals surface area contributed by atoms with Gasteiger partial charge in [0.05, 0.1) is 12.5 Å². The highest BCUT2D eigenvalue weighted by Crippen LogP contribution is 2.41. The number of hydrogen-bond acceptors (Lipinski definition) is 5. The van der Waals surface area contributed by atoms with E-state index in [-0.39, 0.29) is 23.2 Å². The molecule has 0 saturated heterocycles. The fraction of sp³-hybridized carbons (Fsp3) is 0.650. The van der Waals surface area contributed by atoms with Crippen LogP contribution >= 0.6 is 0 Å². The first-order valence-corrected chi connectivity index (χ1v) is 8.62. The highest BCUT2D eigenvalue weighted by atomic mass is 16.5. The SMILES string of the molecule is CC(C(=O)OCC(O)CO)c1cc(C(C)(C)C)c(O)c(C(C)(C)C)c1. The van der Waals surface area contributed by atoms with Crippen molar-refractivity contribution in [1.82, 2.24) is 0 Å². The van der Waals surface area contributed by atoms with Crippen LogP contribution in [0.1, 0.15) is 71.1 Å². The lowest BCUT2D eigenvalue weighted by Gasteiger charge is -2.29. The van der Waals surface area contributed by atoms with Crippen LogP contribution in [0.5, 0.6) is 5.75 Å². The van der Waals surface area contributed by atoms with E-state index in [0.29, 0.717) is 0 Å². The lowest BCUT2D eigenvalue weighted by molar-refractivity contribution is -0.148. The molecule has 0 heterocycles. The molecule has 0 aliphatic carbocycles. The standard InChI is InChI=1S/C20H32O5/c1-12(18(24)25-11-14(22)10-21)13-8-15(19(2,3)4)17(23)16(9-13)20(5,6)7/h8-9,12,14,21-23H,10-11H2,1-7H3. The lowest BCUT2D eigenvalue weighted by Crippen LogP contribution is -2.25. The molecule has 2 unspecified atom stereocenters. The van der Waals surface area contributed by atoms with Gasteiger partial charge in [-0.3, -0.25) is 4.79 Å². The van der Waals surface area contributed by atoms with Gasteiger partial charge in [-0.2, -0.15) is 0 Å². The monoisotopic (exact) mass is 352 g/mol. The second-order valence-electron chi connectivity index (χ2n) is 8.65. The van der Waals surface area contributed by atoms with Crippen molar-refractivity contribution in [1.29, 1.82) is 0 Å². The summed E-state index contributed by atoms with van der Waals surface area (Å²) in [6, 6.07) is 3.69. The minimum atomic E-state index is -1.08. The Labute approximate surface area is 150 Å². The van der Waals surface area contributed by atoms with Gasteiger partial charge in [0.15, 0.2) is 0 Å². The number of aromatic hydroxyl groups is 1. The van der Waals surface area contributed by atoms with E-state index >= 15 is 0 Å². The summed E-state index contributed by atoms with van der Waals surface area (Å²) in [7, 11) is 0. The van der Waals surface area contributed by atoms with Gasteiger partial charge >= 0.3 is 5.97 Å². The van der Waals surface area contributed by atoms with E-state index < -0.39 is 24.6 Å². The molecule has 0 radical (unpaired) electrons. The van der Waals surface area contributed by atoms with Gasteiger partial charge in [0, 0.05) is 0 Å². The normalized spacial score (nSPS) is 14.9. The summed E-state index contributed by atoms with van der Waals surface area (Å²) in [5, 5.41) is 28.9. The summed E-state index contributed by atoms with van der Waals surface area (Å²) in [5.41, 5.74) is 1.76. The number of rotatable bonds is 5. The molecule has 5 nitrogen and oxygen atoms in total. The summed E-state index contributed by atoms with van der Waals surface area (Å²) in [6.07, 6.45) is -1.08. The van der Waals surface area contributed by atoms with Crippen LogP contribution in [-0.2, 0) is 20.4 Å². The van der Waals surface area contributed by atoms with Crippen LogP contribution in [0.2, 0.25) is 0 Å². The summed E-state index contributed by atoms with van der Waals surface area (Å²) >= 11 is 0. The Balaban J connectivity index is 3.29. The van der Waals surface area contributed by atoms with Crippen LogP contribution in [0.15, 0.2) is 12.1 Å².